The summed E-state index contributed by atoms with van der Waals surface area (Å²) < 4.78 is 19.2. The average molecular weight is 554 g/mol. The van der Waals surface area contributed by atoms with Gasteiger partial charge in [0.1, 0.15) is 19.3 Å². The Hall–Kier alpha value is -1.18. The summed E-state index contributed by atoms with van der Waals surface area (Å²) in [7, 11) is 0. The average Bonchev–Trinajstić information content (AvgIpc) is 3.61. The molecule has 0 bridgehead atoms. The van der Waals surface area contributed by atoms with Crippen molar-refractivity contribution in [1.29, 1.82) is 0 Å². The molecule has 2 rings (SSSR count). The topological polar surface area (TPSA) is 60.7 Å². The molecule has 2 atom stereocenters. The molecule has 1 fully saturated rings. The van der Waals surface area contributed by atoms with Crippen LogP contribution in [0.15, 0.2) is 17.1 Å². The third-order valence-electron chi connectivity index (χ3n) is 7.40. The normalized spacial score (nSPS) is 17.2. The summed E-state index contributed by atoms with van der Waals surface area (Å²) in [6, 6.07) is 0. The van der Waals surface area contributed by atoms with Crippen LogP contribution in [0.25, 0.3) is 0 Å². The molecule has 2 heterocycles. The first-order valence-electron chi connectivity index (χ1n) is 15.9. The second-order valence-electron chi connectivity index (χ2n) is 11.0. The lowest BCUT2D eigenvalue weighted by Crippen LogP contribution is -2.30. The molecule has 1 aliphatic rings. The first kappa shape index (κ1) is 33.0. The van der Waals surface area contributed by atoms with Gasteiger partial charge in [0, 0.05) is 13.0 Å². The summed E-state index contributed by atoms with van der Waals surface area (Å²) in [5, 5.41) is 4.94. The van der Waals surface area contributed by atoms with E-state index in [0.29, 0.717) is 13.2 Å². The highest BCUT2D eigenvalue weighted by Gasteiger charge is 2.26. The molecule has 1 N–H and O–H groups in total. The Kier molecular flexibility index (Phi) is 20.6. The van der Waals surface area contributed by atoms with Gasteiger partial charge in [-0.25, -0.2) is 4.79 Å². The standard InChI is InChI=1S/C31H56N2O4S/c1-2-3-4-5-6-7-8-9-10-11-12-13-14-15-18-21-30-35-26-29(37-30)27-36-31(34)32-22-19-16-17-20-23-33-24-25-38-28-33/h24-25,28-30H,2-23,26-27H2,1H3/p+1/t29-,30+/m1/s1. The molecule has 6 nitrogen and oxygen atoms in total. The fraction of sp³-hybridized carbons (Fsp3) is 0.871. The van der Waals surface area contributed by atoms with E-state index in [1.807, 2.05) is 0 Å². The summed E-state index contributed by atoms with van der Waals surface area (Å²) in [6.45, 7) is 4.79. The highest BCUT2D eigenvalue weighted by Crippen LogP contribution is 2.19. The Morgan fingerprint density at radius 2 is 1.47 bits per heavy atom. The minimum Gasteiger partial charge on any atom is -0.447 e. The smallest absolute Gasteiger partial charge is 0.407 e. The fourth-order valence-corrected chi connectivity index (χ4v) is 5.63. The molecule has 1 saturated heterocycles. The predicted molar refractivity (Wildman–Crippen MR) is 156 cm³/mol. The third-order valence-corrected chi connectivity index (χ3v) is 8.07. The van der Waals surface area contributed by atoms with E-state index in [1.165, 1.54) is 103 Å². The van der Waals surface area contributed by atoms with Gasteiger partial charge >= 0.3 is 6.09 Å². The summed E-state index contributed by atoms with van der Waals surface area (Å²) in [5.41, 5.74) is 2.14. The molecule has 220 valence electrons. The van der Waals surface area contributed by atoms with Crippen LogP contribution in [-0.4, -0.2) is 38.2 Å². The maximum absolute atomic E-state index is 11.9. The van der Waals surface area contributed by atoms with E-state index in [9.17, 15) is 4.79 Å². The van der Waals surface area contributed by atoms with Crippen LogP contribution in [0, 0.1) is 0 Å². The van der Waals surface area contributed by atoms with E-state index < -0.39 is 0 Å². The van der Waals surface area contributed by atoms with Gasteiger partial charge < -0.3 is 19.5 Å². The number of thiazole rings is 1. The van der Waals surface area contributed by atoms with Gasteiger partial charge in [-0.05, 0) is 25.7 Å². The Morgan fingerprint density at radius 1 is 0.868 bits per heavy atom. The lowest BCUT2D eigenvalue weighted by Gasteiger charge is -2.12. The largest absolute Gasteiger partial charge is 0.447 e. The molecule has 7 heteroatoms. The van der Waals surface area contributed by atoms with Gasteiger partial charge in [-0.15, -0.1) is 0 Å². The maximum Gasteiger partial charge on any atom is 0.407 e. The molecule has 1 aromatic heterocycles. The number of rotatable bonds is 25. The van der Waals surface area contributed by atoms with E-state index >= 15 is 0 Å². The molecule has 1 amide bonds. The minimum absolute atomic E-state index is 0.138. The van der Waals surface area contributed by atoms with Gasteiger partial charge in [0.05, 0.1) is 12.0 Å². The van der Waals surface area contributed by atoms with Crippen LogP contribution in [-0.2, 0) is 20.8 Å². The highest BCUT2D eigenvalue weighted by atomic mass is 32.1. The lowest BCUT2D eigenvalue weighted by molar-refractivity contribution is -0.692. The van der Waals surface area contributed by atoms with E-state index in [1.54, 1.807) is 11.3 Å². The predicted octanol–water partition coefficient (Wildman–Crippen LogP) is 8.33. The van der Waals surface area contributed by atoms with Gasteiger partial charge in [0.15, 0.2) is 12.5 Å². The number of aryl methyl sites for hydroxylation is 1. The molecule has 0 saturated carbocycles. The zero-order valence-electron chi connectivity index (χ0n) is 24.3. The molecule has 1 aliphatic heterocycles. The van der Waals surface area contributed by atoms with Crippen molar-refractivity contribution in [2.45, 2.75) is 154 Å². The molecule has 38 heavy (non-hydrogen) atoms. The van der Waals surface area contributed by atoms with Crippen LogP contribution in [0.3, 0.4) is 0 Å². The number of hydrogen-bond acceptors (Lipinski definition) is 5. The maximum atomic E-state index is 11.9. The number of nitrogens with one attached hydrogen (secondary N) is 1. The van der Waals surface area contributed by atoms with E-state index in [4.69, 9.17) is 14.2 Å². The van der Waals surface area contributed by atoms with E-state index in [2.05, 4.69) is 33.9 Å². The number of ether oxygens (including phenoxy) is 3. The molecule has 0 radical (unpaired) electrons. The zero-order valence-corrected chi connectivity index (χ0v) is 25.2. The summed E-state index contributed by atoms with van der Waals surface area (Å²) in [6.07, 6.45) is 27.5. The second kappa shape index (κ2) is 23.7. The monoisotopic (exact) mass is 553 g/mol. The van der Waals surface area contributed by atoms with Gasteiger partial charge in [-0.1, -0.05) is 115 Å². The minimum atomic E-state index is -0.353. The quantitative estimate of drug-likeness (QED) is 0.0977. The molecular weight excluding hydrogens is 496 g/mol. The van der Waals surface area contributed by atoms with Crippen molar-refractivity contribution in [3.63, 3.8) is 0 Å². The van der Waals surface area contributed by atoms with Crippen LogP contribution >= 0.6 is 11.3 Å². The van der Waals surface area contributed by atoms with Crippen LogP contribution in [0.4, 0.5) is 4.79 Å². The second-order valence-corrected chi connectivity index (χ2v) is 11.7. The van der Waals surface area contributed by atoms with Crippen molar-refractivity contribution in [3.8, 4) is 0 Å². The van der Waals surface area contributed by atoms with Crippen molar-refractivity contribution in [1.82, 2.24) is 5.32 Å². The highest BCUT2D eigenvalue weighted by molar-refractivity contribution is 7.07. The first-order valence-corrected chi connectivity index (χ1v) is 16.8. The molecular formula is C31H57N2O4S+. The molecule has 1 aromatic rings. The van der Waals surface area contributed by atoms with Crippen LogP contribution in [0.5, 0.6) is 0 Å². The molecule has 0 aromatic carbocycles. The number of nitrogens with zero attached hydrogens (tertiary/aromatic N) is 1. The molecule has 0 aliphatic carbocycles. The van der Waals surface area contributed by atoms with Crippen LogP contribution in [0.2, 0.25) is 0 Å². The van der Waals surface area contributed by atoms with Crippen molar-refractivity contribution in [3.05, 3.63) is 17.1 Å². The van der Waals surface area contributed by atoms with Crippen molar-refractivity contribution < 1.29 is 23.6 Å². The summed E-state index contributed by atoms with van der Waals surface area (Å²) in [4.78, 5) is 11.9. The zero-order chi connectivity index (χ0) is 26.9. The summed E-state index contributed by atoms with van der Waals surface area (Å²) in [5.74, 6) is 0. The van der Waals surface area contributed by atoms with E-state index in [-0.39, 0.29) is 25.1 Å². The fourth-order valence-electron chi connectivity index (χ4n) is 5.00. The van der Waals surface area contributed by atoms with Crippen molar-refractivity contribution >= 4 is 17.4 Å². The number of amides is 1. The van der Waals surface area contributed by atoms with Crippen LogP contribution in [0.1, 0.15) is 135 Å². The third kappa shape index (κ3) is 18.2. The number of alkyl carbamates (subject to hydrolysis) is 1. The van der Waals surface area contributed by atoms with E-state index in [0.717, 1.165) is 32.2 Å². The van der Waals surface area contributed by atoms with Crippen molar-refractivity contribution in [2.24, 2.45) is 0 Å². The number of hydrogen-bond donors (Lipinski definition) is 1. The van der Waals surface area contributed by atoms with Gasteiger partial charge in [0.25, 0.3) is 0 Å². The number of unbranched alkanes of at least 4 members (excludes halogenated alkanes) is 17. The Labute approximate surface area is 237 Å². The van der Waals surface area contributed by atoms with Crippen molar-refractivity contribution in [2.75, 3.05) is 19.8 Å². The van der Waals surface area contributed by atoms with Gasteiger partial charge in [-0.3, -0.25) is 0 Å². The Balaban J connectivity index is 1.29. The lowest BCUT2D eigenvalue weighted by atomic mass is 10.0. The van der Waals surface area contributed by atoms with Gasteiger partial charge in [-0.2, -0.15) is 4.57 Å². The number of carbonyl (C=O) groups is 1. The number of aromatic nitrogens is 1. The Bertz CT molecular complexity index is 658. The number of carbonyl (C=O) groups excluding carboxylic acids is 1. The van der Waals surface area contributed by atoms with Gasteiger partial charge in [0.2, 0.25) is 5.51 Å². The SMILES string of the molecule is CCCCCCCCCCCCCCCCC[C@H]1OC[C@H](COC(=O)NCCCCCC[n+]2ccsc2)O1. The molecule has 0 unspecified atom stereocenters. The van der Waals surface area contributed by atoms with Crippen LogP contribution < -0.4 is 9.88 Å². The first-order chi connectivity index (χ1) is 18.8. The molecule has 0 spiro atoms. The Morgan fingerprint density at radius 3 is 2.11 bits per heavy atom. The summed E-state index contributed by atoms with van der Waals surface area (Å²) >= 11 is 1.72.